The van der Waals surface area contributed by atoms with Crippen LogP contribution in [0.15, 0.2) is 24.3 Å². The Balaban J connectivity index is 1.86. The summed E-state index contributed by atoms with van der Waals surface area (Å²) < 4.78 is 0. The van der Waals surface area contributed by atoms with E-state index in [-0.39, 0.29) is 18.0 Å². The van der Waals surface area contributed by atoms with Crippen molar-refractivity contribution >= 4 is 5.91 Å². The number of likely N-dealkylation sites (N-methyl/N-ethyl adjacent to an activating group) is 1. The quantitative estimate of drug-likeness (QED) is 0.917. The van der Waals surface area contributed by atoms with Crippen molar-refractivity contribution in [1.82, 2.24) is 4.90 Å². The Morgan fingerprint density at radius 3 is 2.55 bits per heavy atom. The highest BCUT2D eigenvalue weighted by Crippen LogP contribution is 2.21. The number of amides is 1. The van der Waals surface area contributed by atoms with Crippen molar-refractivity contribution in [2.75, 3.05) is 7.05 Å². The van der Waals surface area contributed by atoms with Gasteiger partial charge in [0.05, 0.1) is 0 Å². The van der Waals surface area contributed by atoms with Crippen LogP contribution in [0.5, 0.6) is 0 Å². The lowest BCUT2D eigenvalue weighted by Gasteiger charge is -2.36. The van der Waals surface area contributed by atoms with Gasteiger partial charge in [-0.25, -0.2) is 0 Å². The lowest BCUT2D eigenvalue weighted by molar-refractivity contribution is -0.132. The minimum absolute atomic E-state index is 0.150. The first-order valence-corrected chi connectivity index (χ1v) is 7.64. The highest BCUT2D eigenvalue weighted by atomic mass is 16.2. The average molecular weight is 274 g/mol. The van der Waals surface area contributed by atoms with Gasteiger partial charge in [0.25, 0.3) is 0 Å². The third-order valence-electron chi connectivity index (χ3n) is 4.42. The highest BCUT2D eigenvalue weighted by molar-refractivity contribution is 5.76. The zero-order valence-corrected chi connectivity index (χ0v) is 12.6. The molecule has 1 aromatic rings. The Bertz CT molecular complexity index is 441. The predicted octanol–water partition coefficient (Wildman–Crippen LogP) is 2.66. The van der Waals surface area contributed by atoms with Crippen LogP contribution in [0.2, 0.25) is 0 Å². The molecule has 3 heteroatoms. The fourth-order valence-electron chi connectivity index (χ4n) is 2.99. The van der Waals surface area contributed by atoms with Crippen LogP contribution in [0, 0.1) is 6.92 Å². The first-order chi connectivity index (χ1) is 9.58. The van der Waals surface area contributed by atoms with Gasteiger partial charge in [-0.1, -0.05) is 42.7 Å². The van der Waals surface area contributed by atoms with Crippen LogP contribution in [-0.4, -0.2) is 29.9 Å². The van der Waals surface area contributed by atoms with E-state index in [1.807, 2.05) is 11.9 Å². The number of rotatable bonds is 4. The summed E-state index contributed by atoms with van der Waals surface area (Å²) in [6.07, 6.45) is 5.86. The van der Waals surface area contributed by atoms with E-state index in [1.165, 1.54) is 24.0 Å². The lowest BCUT2D eigenvalue weighted by atomic mass is 9.90. The van der Waals surface area contributed by atoms with Crippen LogP contribution in [-0.2, 0) is 11.2 Å². The number of hydrogen-bond donors (Lipinski definition) is 1. The van der Waals surface area contributed by atoms with Gasteiger partial charge >= 0.3 is 0 Å². The molecule has 2 unspecified atom stereocenters. The van der Waals surface area contributed by atoms with E-state index in [4.69, 9.17) is 5.73 Å². The van der Waals surface area contributed by atoms with Gasteiger partial charge in [0, 0.05) is 25.6 Å². The fraction of sp³-hybridized carbons (Fsp3) is 0.588. The summed E-state index contributed by atoms with van der Waals surface area (Å²) >= 11 is 0. The minimum Gasteiger partial charge on any atom is -0.341 e. The smallest absolute Gasteiger partial charge is 0.222 e. The molecule has 1 aliphatic carbocycles. The van der Waals surface area contributed by atoms with Gasteiger partial charge in [0.15, 0.2) is 0 Å². The maximum atomic E-state index is 12.3. The van der Waals surface area contributed by atoms with Crippen molar-refractivity contribution in [2.45, 2.75) is 57.5 Å². The molecule has 20 heavy (non-hydrogen) atoms. The SMILES string of the molecule is Cc1ccc(CCC(=O)N(C)C2CCCCC2N)cc1. The van der Waals surface area contributed by atoms with Crippen molar-refractivity contribution in [1.29, 1.82) is 0 Å². The summed E-state index contributed by atoms with van der Waals surface area (Å²) in [5, 5.41) is 0. The predicted molar refractivity (Wildman–Crippen MR) is 82.5 cm³/mol. The number of hydrogen-bond acceptors (Lipinski definition) is 2. The zero-order valence-electron chi connectivity index (χ0n) is 12.6. The third kappa shape index (κ3) is 3.83. The lowest BCUT2D eigenvalue weighted by Crippen LogP contribution is -2.50. The van der Waals surface area contributed by atoms with Crippen molar-refractivity contribution in [3.63, 3.8) is 0 Å². The van der Waals surface area contributed by atoms with Crippen molar-refractivity contribution in [3.05, 3.63) is 35.4 Å². The third-order valence-corrected chi connectivity index (χ3v) is 4.42. The molecule has 1 aliphatic rings. The van der Waals surface area contributed by atoms with Crippen LogP contribution in [0.25, 0.3) is 0 Å². The summed E-state index contributed by atoms with van der Waals surface area (Å²) in [7, 11) is 1.91. The Hall–Kier alpha value is -1.35. The molecule has 3 nitrogen and oxygen atoms in total. The first-order valence-electron chi connectivity index (χ1n) is 7.64. The van der Waals surface area contributed by atoms with Crippen LogP contribution in [0.3, 0.4) is 0 Å². The minimum atomic E-state index is 0.150. The fourth-order valence-corrected chi connectivity index (χ4v) is 2.99. The van der Waals surface area contributed by atoms with Gasteiger partial charge in [-0.15, -0.1) is 0 Å². The second-order valence-electron chi connectivity index (χ2n) is 6.01. The molecular formula is C17H26N2O. The van der Waals surface area contributed by atoms with Gasteiger partial charge in [0.2, 0.25) is 5.91 Å². The molecule has 1 saturated carbocycles. The summed E-state index contributed by atoms with van der Waals surface area (Å²) in [6, 6.07) is 8.79. The van der Waals surface area contributed by atoms with E-state index in [0.29, 0.717) is 6.42 Å². The first kappa shape index (κ1) is 15.0. The summed E-state index contributed by atoms with van der Waals surface area (Å²) in [5.74, 6) is 0.216. The summed E-state index contributed by atoms with van der Waals surface area (Å²) in [5.41, 5.74) is 8.63. The van der Waals surface area contributed by atoms with Gasteiger partial charge < -0.3 is 10.6 Å². The Kier molecular flexibility index (Phi) is 5.18. The number of nitrogens with zero attached hydrogens (tertiary/aromatic N) is 1. The molecule has 2 atom stereocenters. The van der Waals surface area contributed by atoms with Gasteiger partial charge in [0.1, 0.15) is 0 Å². The molecule has 1 aromatic carbocycles. The maximum Gasteiger partial charge on any atom is 0.222 e. The number of benzene rings is 1. The molecule has 0 heterocycles. The number of aryl methyl sites for hydroxylation is 2. The molecule has 0 aromatic heterocycles. The van der Waals surface area contributed by atoms with E-state index >= 15 is 0 Å². The largest absolute Gasteiger partial charge is 0.341 e. The molecule has 0 saturated heterocycles. The number of nitrogens with two attached hydrogens (primary N) is 1. The molecule has 2 N–H and O–H groups in total. The standard InChI is InChI=1S/C17H26N2O/c1-13-7-9-14(10-8-13)11-12-17(20)19(2)16-6-4-3-5-15(16)18/h7-10,15-16H,3-6,11-12,18H2,1-2H3. The highest BCUT2D eigenvalue weighted by Gasteiger charge is 2.27. The molecule has 110 valence electrons. The van der Waals surface area contributed by atoms with Crippen LogP contribution < -0.4 is 5.73 Å². The molecule has 0 aliphatic heterocycles. The van der Waals surface area contributed by atoms with Gasteiger partial charge in [-0.05, 0) is 31.7 Å². The Morgan fingerprint density at radius 1 is 1.25 bits per heavy atom. The summed E-state index contributed by atoms with van der Waals surface area (Å²) in [6.45, 7) is 2.08. The topological polar surface area (TPSA) is 46.3 Å². The molecule has 0 radical (unpaired) electrons. The molecule has 0 bridgehead atoms. The Morgan fingerprint density at radius 2 is 1.90 bits per heavy atom. The van der Waals surface area contributed by atoms with E-state index < -0.39 is 0 Å². The van der Waals surface area contributed by atoms with E-state index in [2.05, 4.69) is 31.2 Å². The van der Waals surface area contributed by atoms with E-state index in [1.54, 1.807) is 0 Å². The second-order valence-corrected chi connectivity index (χ2v) is 6.01. The Labute approximate surface area is 122 Å². The molecule has 1 fully saturated rings. The van der Waals surface area contributed by atoms with Crippen molar-refractivity contribution in [2.24, 2.45) is 5.73 Å². The maximum absolute atomic E-state index is 12.3. The van der Waals surface area contributed by atoms with Gasteiger partial charge in [-0.3, -0.25) is 4.79 Å². The van der Waals surface area contributed by atoms with E-state index in [9.17, 15) is 4.79 Å². The molecule has 0 spiro atoms. The summed E-state index contributed by atoms with van der Waals surface area (Å²) in [4.78, 5) is 14.2. The average Bonchev–Trinajstić information content (AvgIpc) is 2.46. The van der Waals surface area contributed by atoms with Crippen molar-refractivity contribution < 1.29 is 4.79 Å². The van der Waals surface area contributed by atoms with Crippen LogP contribution in [0.1, 0.15) is 43.2 Å². The number of carbonyl (C=O) groups is 1. The van der Waals surface area contributed by atoms with Crippen molar-refractivity contribution in [3.8, 4) is 0 Å². The molecular weight excluding hydrogens is 248 g/mol. The zero-order chi connectivity index (χ0) is 14.5. The second kappa shape index (κ2) is 6.89. The van der Waals surface area contributed by atoms with E-state index in [0.717, 1.165) is 19.3 Å². The normalized spacial score (nSPS) is 22.6. The molecule has 1 amide bonds. The monoisotopic (exact) mass is 274 g/mol. The number of carbonyl (C=O) groups excluding carboxylic acids is 1. The van der Waals surface area contributed by atoms with Gasteiger partial charge in [-0.2, -0.15) is 0 Å². The van der Waals surface area contributed by atoms with Crippen LogP contribution >= 0.6 is 0 Å². The van der Waals surface area contributed by atoms with Crippen LogP contribution in [0.4, 0.5) is 0 Å². The molecule has 2 rings (SSSR count).